The molecule has 0 saturated heterocycles. The number of nitrogen functional groups attached to an aromatic ring is 1. The van der Waals surface area contributed by atoms with Gasteiger partial charge in [0.2, 0.25) is 5.95 Å². The number of nitrogens with two attached hydrogens (primary N) is 1. The number of imidazole rings is 1. The molecule has 4 nitrogen and oxygen atoms in total. The van der Waals surface area contributed by atoms with Gasteiger partial charge in [-0.2, -0.15) is 5.26 Å². The molecule has 104 valence electrons. The van der Waals surface area contributed by atoms with Crippen LogP contribution < -0.4 is 5.73 Å². The van der Waals surface area contributed by atoms with Gasteiger partial charge in [-0.1, -0.05) is 23.7 Å². The number of hydrogen-bond acceptors (Lipinski definition) is 3. The molecule has 0 bridgehead atoms. The maximum Gasteiger partial charge on any atom is 0.201 e. The molecule has 5 heteroatoms. The average molecular weight is 297 g/mol. The predicted molar refractivity (Wildman–Crippen MR) is 84.1 cm³/mol. The lowest BCUT2D eigenvalue weighted by Gasteiger charge is -2.16. The Bertz CT molecular complexity index is 843. The maximum atomic E-state index is 9.06. The Morgan fingerprint density at radius 2 is 1.95 bits per heavy atom. The van der Waals surface area contributed by atoms with Crippen LogP contribution in [0.2, 0.25) is 5.02 Å². The second-order valence-electron chi connectivity index (χ2n) is 4.88. The lowest BCUT2D eigenvalue weighted by atomic mass is 10.1. The number of nitrogens with zero attached hydrogens (tertiary/aromatic N) is 3. The summed E-state index contributed by atoms with van der Waals surface area (Å²) in [4.78, 5) is 4.36. The summed E-state index contributed by atoms with van der Waals surface area (Å²) in [5.74, 6) is 0.433. The molecule has 0 aliphatic rings. The standard InChI is InChI=1S/C16H13ClN4/c1-10(12-3-5-13(17)6-4-12)21-15-8-11(9-18)2-7-14(15)20-16(21)19/h2-8,10H,1H3,(H2,19,20). The molecule has 1 aromatic heterocycles. The molecule has 1 atom stereocenters. The van der Waals surface area contributed by atoms with Gasteiger partial charge in [0.25, 0.3) is 0 Å². The van der Waals surface area contributed by atoms with Crippen LogP contribution in [0.1, 0.15) is 24.1 Å². The second kappa shape index (κ2) is 5.12. The molecule has 2 aromatic carbocycles. The van der Waals surface area contributed by atoms with E-state index in [1.807, 2.05) is 47.9 Å². The lowest BCUT2D eigenvalue weighted by Crippen LogP contribution is -2.10. The highest BCUT2D eigenvalue weighted by Gasteiger charge is 2.16. The highest BCUT2D eigenvalue weighted by Crippen LogP contribution is 2.28. The number of benzene rings is 2. The van der Waals surface area contributed by atoms with E-state index in [1.165, 1.54) is 0 Å². The summed E-state index contributed by atoms with van der Waals surface area (Å²) in [5.41, 5.74) is 9.36. The van der Waals surface area contributed by atoms with Crippen molar-refractivity contribution < 1.29 is 0 Å². The number of fused-ring (bicyclic) bond motifs is 1. The number of anilines is 1. The van der Waals surface area contributed by atoms with Gasteiger partial charge in [-0.25, -0.2) is 4.98 Å². The van der Waals surface area contributed by atoms with Crippen molar-refractivity contribution in [1.82, 2.24) is 9.55 Å². The molecule has 3 aromatic rings. The van der Waals surface area contributed by atoms with Crippen LogP contribution in [0.15, 0.2) is 42.5 Å². The van der Waals surface area contributed by atoms with Crippen LogP contribution in [-0.2, 0) is 0 Å². The fourth-order valence-electron chi connectivity index (χ4n) is 2.48. The van der Waals surface area contributed by atoms with E-state index >= 15 is 0 Å². The van der Waals surface area contributed by atoms with E-state index in [4.69, 9.17) is 22.6 Å². The number of nitriles is 1. The number of rotatable bonds is 2. The van der Waals surface area contributed by atoms with Crippen LogP contribution in [-0.4, -0.2) is 9.55 Å². The molecular weight excluding hydrogens is 284 g/mol. The number of hydrogen-bond donors (Lipinski definition) is 1. The van der Waals surface area contributed by atoms with Crippen molar-refractivity contribution in [1.29, 1.82) is 5.26 Å². The largest absolute Gasteiger partial charge is 0.369 e. The van der Waals surface area contributed by atoms with Gasteiger partial charge in [-0.05, 0) is 42.8 Å². The van der Waals surface area contributed by atoms with Crippen LogP contribution in [0, 0.1) is 11.3 Å². The van der Waals surface area contributed by atoms with Crippen molar-refractivity contribution >= 4 is 28.6 Å². The number of halogens is 1. The molecule has 0 saturated carbocycles. The Hall–Kier alpha value is -2.51. The molecule has 2 N–H and O–H groups in total. The van der Waals surface area contributed by atoms with E-state index in [9.17, 15) is 0 Å². The summed E-state index contributed by atoms with van der Waals surface area (Å²) in [7, 11) is 0. The highest BCUT2D eigenvalue weighted by molar-refractivity contribution is 6.30. The van der Waals surface area contributed by atoms with Crippen molar-refractivity contribution in [2.45, 2.75) is 13.0 Å². The Morgan fingerprint density at radius 3 is 2.62 bits per heavy atom. The maximum absolute atomic E-state index is 9.06. The van der Waals surface area contributed by atoms with Crippen molar-refractivity contribution in [3.63, 3.8) is 0 Å². The normalized spacial score (nSPS) is 12.2. The van der Waals surface area contributed by atoms with Crippen molar-refractivity contribution in [2.75, 3.05) is 5.73 Å². The molecule has 0 aliphatic heterocycles. The van der Waals surface area contributed by atoms with Gasteiger partial charge in [0, 0.05) is 5.02 Å². The van der Waals surface area contributed by atoms with Gasteiger partial charge in [0.05, 0.1) is 28.7 Å². The minimum absolute atomic E-state index is 0.00112. The van der Waals surface area contributed by atoms with E-state index < -0.39 is 0 Å². The van der Waals surface area contributed by atoms with E-state index in [2.05, 4.69) is 11.1 Å². The average Bonchev–Trinajstić information content (AvgIpc) is 2.82. The predicted octanol–water partition coefficient (Wildman–Crippen LogP) is 3.75. The Morgan fingerprint density at radius 1 is 1.24 bits per heavy atom. The lowest BCUT2D eigenvalue weighted by molar-refractivity contribution is 0.668. The van der Waals surface area contributed by atoms with Crippen molar-refractivity contribution in [2.24, 2.45) is 0 Å². The SMILES string of the molecule is CC(c1ccc(Cl)cc1)n1c(N)nc2ccc(C#N)cc21. The summed E-state index contributed by atoms with van der Waals surface area (Å²) >= 11 is 5.93. The van der Waals surface area contributed by atoms with Crippen LogP contribution in [0.3, 0.4) is 0 Å². The van der Waals surface area contributed by atoms with Crippen molar-refractivity contribution in [3.05, 3.63) is 58.6 Å². The third kappa shape index (κ3) is 2.32. The summed E-state index contributed by atoms with van der Waals surface area (Å²) in [6.45, 7) is 2.04. The van der Waals surface area contributed by atoms with E-state index in [1.54, 1.807) is 6.07 Å². The minimum atomic E-state index is 0.00112. The van der Waals surface area contributed by atoms with E-state index in [0.717, 1.165) is 16.6 Å². The Labute approximate surface area is 127 Å². The van der Waals surface area contributed by atoms with E-state index in [0.29, 0.717) is 16.5 Å². The molecule has 21 heavy (non-hydrogen) atoms. The van der Waals surface area contributed by atoms with E-state index in [-0.39, 0.29) is 6.04 Å². The van der Waals surface area contributed by atoms with Gasteiger partial charge in [-0.15, -0.1) is 0 Å². The zero-order chi connectivity index (χ0) is 15.0. The fraction of sp³-hybridized carbons (Fsp3) is 0.125. The van der Waals surface area contributed by atoms with Crippen LogP contribution in [0.25, 0.3) is 11.0 Å². The molecule has 1 unspecified atom stereocenters. The first-order valence-corrected chi connectivity index (χ1v) is 6.91. The molecule has 0 aliphatic carbocycles. The van der Waals surface area contributed by atoms with Gasteiger partial charge in [0.1, 0.15) is 0 Å². The molecule has 0 spiro atoms. The monoisotopic (exact) mass is 296 g/mol. The molecular formula is C16H13ClN4. The van der Waals surface area contributed by atoms with Crippen LogP contribution in [0.5, 0.6) is 0 Å². The third-order valence-electron chi connectivity index (χ3n) is 3.59. The third-order valence-corrected chi connectivity index (χ3v) is 3.84. The fourth-order valence-corrected chi connectivity index (χ4v) is 2.60. The Balaban J connectivity index is 2.16. The second-order valence-corrected chi connectivity index (χ2v) is 5.32. The van der Waals surface area contributed by atoms with Crippen LogP contribution >= 0.6 is 11.6 Å². The van der Waals surface area contributed by atoms with Crippen LogP contribution in [0.4, 0.5) is 5.95 Å². The molecule has 0 fully saturated rings. The quantitative estimate of drug-likeness (QED) is 0.783. The van der Waals surface area contributed by atoms with Gasteiger partial charge in [0.15, 0.2) is 0 Å². The molecule has 3 rings (SSSR count). The first-order valence-electron chi connectivity index (χ1n) is 6.53. The molecule has 0 radical (unpaired) electrons. The zero-order valence-corrected chi connectivity index (χ0v) is 12.2. The first-order chi connectivity index (χ1) is 10.1. The highest BCUT2D eigenvalue weighted by atomic mass is 35.5. The van der Waals surface area contributed by atoms with Crippen molar-refractivity contribution in [3.8, 4) is 6.07 Å². The first kappa shape index (κ1) is 13.5. The summed E-state index contributed by atoms with van der Waals surface area (Å²) in [6.07, 6.45) is 0. The molecule has 1 heterocycles. The summed E-state index contributed by atoms with van der Waals surface area (Å²) < 4.78 is 1.93. The van der Waals surface area contributed by atoms with Gasteiger partial charge < -0.3 is 10.3 Å². The summed E-state index contributed by atoms with van der Waals surface area (Å²) in [6, 6.07) is 15.1. The smallest absolute Gasteiger partial charge is 0.201 e. The van der Waals surface area contributed by atoms with Gasteiger partial charge in [-0.3, -0.25) is 0 Å². The molecule has 0 amide bonds. The minimum Gasteiger partial charge on any atom is -0.369 e. The topological polar surface area (TPSA) is 67.6 Å². The van der Waals surface area contributed by atoms with Gasteiger partial charge >= 0.3 is 0 Å². The summed E-state index contributed by atoms with van der Waals surface area (Å²) in [5, 5.41) is 9.75. The Kier molecular flexibility index (Phi) is 3.28. The zero-order valence-electron chi connectivity index (χ0n) is 11.4. The number of aromatic nitrogens is 2.